The lowest BCUT2D eigenvalue weighted by Gasteiger charge is -2.14. The molecule has 24 heavy (non-hydrogen) atoms. The van der Waals surface area contributed by atoms with E-state index < -0.39 is 0 Å². The lowest BCUT2D eigenvalue weighted by atomic mass is 9.96. The Balaban J connectivity index is 2.60. The molecule has 0 atom stereocenters. The number of benzene rings is 2. The van der Waals surface area contributed by atoms with Crippen LogP contribution in [0.4, 0.5) is 0 Å². The van der Waals surface area contributed by atoms with Crippen LogP contribution in [0.3, 0.4) is 0 Å². The molecular formula is C20H20O4. The summed E-state index contributed by atoms with van der Waals surface area (Å²) >= 11 is 0. The van der Waals surface area contributed by atoms with Crippen LogP contribution in [-0.2, 0) is 0 Å². The molecule has 0 unspecified atom stereocenters. The van der Waals surface area contributed by atoms with E-state index in [-0.39, 0.29) is 0 Å². The van der Waals surface area contributed by atoms with Crippen molar-refractivity contribution in [2.75, 3.05) is 28.4 Å². The minimum atomic E-state index is 0.632. The van der Waals surface area contributed by atoms with Gasteiger partial charge in [0.05, 0.1) is 28.4 Å². The summed E-state index contributed by atoms with van der Waals surface area (Å²) in [5.74, 6) is 5.25. The summed E-state index contributed by atoms with van der Waals surface area (Å²) in [5.41, 5.74) is 2.65. The van der Waals surface area contributed by atoms with Crippen molar-refractivity contribution in [1.82, 2.24) is 0 Å². The number of rotatable bonds is 6. The molecule has 0 N–H and O–H groups in total. The van der Waals surface area contributed by atoms with Crippen LogP contribution in [0.5, 0.6) is 23.0 Å². The Labute approximate surface area is 142 Å². The van der Waals surface area contributed by atoms with Gasteiger partial charge in [-0.1, -0.05) is 12.0 Å². The van der Waals surface area contributed by atoms with Gasteiger partial charge in [0.1, 0.15) is 11.5 Å². The molecule has 0 aliphatic heterocycles. The molecule has 0 heterocycles. The van der Waals surface area contributed by atoms with Crippen LogP contribution >= 0.6 is 0 Å². The monoisotopic (exact) mass is 324 g/mol. The minimum absolute atomic E-state index is 0.632. The van der Waals surface area contributed by atoms with E-state index in [1.165, 1.54) is 0 Å². The Morgan fingerprint density at radius 2 is 1.42 bits per heavy atom. The maximum atomic E-state index is 5.53. The Hall–Kier alpha value is -3.06. The zero-order valence-electron chi connectivity index (χ0n) is 14.3. The summed E-state index contributed by atoms with van der Waals surface area (Å²) in [7, 11) is 6.42. The Bertz CT molecular complexity index is 762. The maximum Gasteiger partial charge on any atom is 0.161 e. The van der Waals surface area contributed by atoms with Gasteiger partial charge in [0.25, 0.3) is 0 Å². The molecule has 0 aliphatic carbocycles. The molecule has 124 valence electrons. The van der Waals surface area contributed by atoms with Gasteiger partial charge >= 0.3 is 0 Å². The Morgan fingerprint density at radius 1 is 0.792 bits per heavy atom. The quantitative estimate of drug-likeness (QED) is 0.758. The third-order valence-electron chi connectivity index (χ3n) is 3.58. The fourth-order valence-electron chi connectivity index (χ4n) is 2.38. The molecule has 0 bridgehead atoms. The van der Waals surface area contributed by atoms with Gasteiger partial charge in [0.2, 0.25) is 0 Å². The lowest BCUT2D eigenvalue weighted by Crippen LogP contribution is -1.95. The highest BCUT2D eigenvalue weighted by molar-refractivity contribution is 5.83. The summed E-state index contributed by atoms with van der Waals surface area (Å²) < 4.78 is 21.3. The first-order valence-electron chi connectivity index (χ1n) is 7.29. The molecule has 0 saturated carbocycles. The van der Waals surface area contributed by atoms with Crippen LogP contribution in [0, 0.1) is 12.3 Å². The van der Waals surface area contributed by atoms with E-state index in [0.717, 1.165) is 16.7 Å². The SMILES string of the molecule is C#C/C=C(\c1cc(OC)cc(OC)c1)c1ccc(OC)c(OC)c1. The van der Waals surface area contributed by atoms with Crippen molar-refractivity contribution in [2.24, 2.45) is 0 Å². The molecule has 2 rings (SSSR count). The molecule has 0 amide bonds. The summed E-state index contributed by atoms with van der Waals surface area (Å²) in [6.07, 6.45) is 7.23. The number of terminal acetylenes is 1. The van der Waals surface area contributed by atoms with Crippen LogP contribution in [0.1, 0.15) is 11.1 Å². The number of methoxy groups -OCH3 is 4. The first-order valence-corrected chi connectivity index (χ1v) is 7.29. The second-order valence-corrected chi connectivity index (χ2v) is 4.90. The second-order valence-electron chi connectivity index (χ2n) is 4.90. The predicted molar refractivity (Wildman–Crippen MR) is 95.0 cm³/mol. The first-order chi connectivity index (χ1) is 11.7. The van der Waals surface area contributed by atoms with E-state index in [1.54, 1.807) is 34.5 Å². The van der Waals surface area contributed by atoms with Gasteiger partial charge in [-0.3, -0.25) is 0 Å². The van der Waals surface area contributed by atoms with Gasteiger partial charge in [-0.15, -0.1) is 6.42 Å². The average Bonchev–Trinajstić information content (AvgIpc) is 2.64. The largest absolute Gasteiger partial charge is 0.497 e. The topological polar surface area (TPSA) is 36.9 Å². The highest BCUT2D eigenvalue weighted by atomic mass is 16.5. The molecular weight excluding hydrogens is 304 g/mol. The van der Waals surface area contributed by atoms with Crippen LogP contribution in [-0.4, -0.2) is 28.4 Å². The highest BCUT2D eigenvalue weighted by Gasteiger charge is 2.12. The van der Waals surface area contributed by atoms with Crippen molar-refractivity contribution in [3.8, 4) is 35.3 Å². The number of ether oxygens (including phenoxy) is 4. The van der Waals surface area contributed by atoms with Gasteiger partial charge in [0.15, 0.2) is 11.5 Å². The van der Waals surface area contributed by atoms with Gasteiger partial charge in [-0.25, -0.2) is 0 Å². The fourth-order valence-corrected chi connectivity index (χ4v) is 2.38. The Morgan fingerprint density at radius 3 is 1.92 bits per heavy atom. The zero-order chi connectivity index (χ0) is 17.5. The molecule has 2 aromatic rings. The van der Waals surface area contributed by atoms with Crippen LogP contribution in [0.2, 0.25) is 0 Å². The maximum absolute atomic E-state index is 5.53. The molecule has 0 fully saturated rings. The van der Waals surface area contributed by atoms with Gasteiger partial charge in [-0.05, 0) is 47.0 Å². The summed E-state index contributed by atoms with van der Waals surface area (Å²) in [4.78, 5) is 0. The van der Waals surface area contributed by atoms with Gasteiger partial charge in [-0.2, -0.15) is 0 Å². The predicted octanol–water partition coefficient (Wildman–Crippen LogP) is 3.79. The van der Waals surface area contributed by atoms with E-state index in [1.807, 2.05) is 36.4 Å². The molecule has 0 aromatic heterocycles. The van der Waals surface area contributed by atoms with Crippen molar-refractivity contribution in [2.45, 2.75) is 0 Å². The third-order valence-corrected chi connectivity index (χ3v) is 3.58. The van der Waals surface area contributed by atoms with E-state index in [2.05, 4.69) is 5.92 Å². The van der Waals surface area contributed by atoms with E-state index >= 15 is 0 Å². The molecule has 0 saturated heterocycles. The van der Waals surface area contributed by atoms with E-state index in [0.29, 0.717) is 23.0 Å². The molecule has 0 spiro atoms. The second kappa shape index (κ2) is 7.98. The summed E-state index contributed by atoms with van der Waals surface area (Å²) in [6.45, 7) is 0. The standard InChI is InChI=1S/C20H20O4/c1-6-7-18(14-8-9-19(23-4)20(12-14)24-5)15-10-16(21-2)13-17(11-15)22-3/h1,7-13H,2-5H3/b18-7-. The van der Waals surface area contributed by atoms with Crippen LogP contribution in [0.25, 0.3) is 5.57 Å². The van der Waals surface area contributed by atoms with Crippen molar-refractivity contribution in [1.29, 1.82) is 0 Å². The number of allylic oxidation sites excluding steroid dienone is 1. The summed E-state index contributed by atoms with van der Waals surface area (Å²) in [6, 6.07) is 11.3. The third kappa shape index (κ3) is 3.64. The molecule has 2 aromatic carbocycles. The smallest absolute Gasteiger partial charge is 0.161 e. The number of hydrogen-bond acceptors (Lipinski definition) is 4. The van der Waals surface area contributed by atoms with Gasteiger partial charge < -0.3 is 18.9 Å². The molecule has 0 aliphatic rings. The van der Waals surface area contributed by atoms with Crippen LogP contribution in [0.15, 0.2) is 42.5 Å². The highest BCUT2D eigenvalue weighted by Crippen LogP contribution is 2.35. The molecule has 0 radical (unpaired) electrons. The van der Waals surface area contributed by atoms with E-state index in [9.17, 15) is 0 Å². The van der Waals surface area contributed by atoms with Crippen LogP contribution < -0.4 is 18.9 Å². The molecule has 4 nitrogen and oxygen atoms in total. The Kier molecular flexibility index (Phi) is 5.75. The van der Waals surface area contributed by atoms with E-state index in [4.69, 9.17) is 25.4 Å². The summed E-state index contributed by atoms with van der Waals surface area (Å²) in [5, 5.41) is 0. The van der Waals surface area contributed by atoms with Crippen molar-refractivity contribution in [3.63, 3.8) is 0 Å². The van der Waals surface area contributed by atoms with Gasteiger partial charge in [0, 0.05) is 6.07 Å². The molecule has 4 heteroatoms. The van der Waals surface area contributed by atoms with Crippen molar-refractivity contribution >= 4 is 5.57 Å². The lowest BCUT2D eigenvalue weighted by molar-refractivity contribution is 0.355. The van der Waals surface area contributed by atoms with Crippen molar-refractivity contribution in [3.05, 3.63) is 53.6 Å². The van der Waals surface area contributed by atoms with Crippen molar-refractivity contribution < 1.29 is 18.9 Å². The first kappa shape index (κ1) is 17.3. The minimum Gasteiger partial charge on any atom is -0.497 e. The average molecular weight is 324 g/mol. The number of hydrogen-bond donors (Lipinski definition) is 0. The normalized spacial score (nSPS) is 10.7. The zero-order valence-corrected chi connectivity index (χ0v) is 14.3. The fraction of sp³-hybridized carbons (Fsp3) is 0.200.